The van der Waals surface area contributed by atoms with Crippen LogP contribution in [0.5, 0.6) is 0 Å². The molecule has 36 heavy (non-hydrogen) atoms. The van der Waals surface area contributed by atoms with Crippen molar-refractivity contribution in [3.05, 3.63) is 0 Å². The molecule has 0 aliphatic heterocycles. The van der Waals surface area contributed by atoms with Gasteiger partial charge in [-0.15, -0.1) is 0 Å². The van der Waals surface area contributed by atoms with Crippen LogP contribution in [-0.4, -0.2) is 19.1 Å². The third-order valence-electron chi connectivity index (χ3n) is 7.09. The van der Waals surface area contributed by atoms with Crippen molar-refractivity contribution in [1.82, 2.24) is 10.6 Å². The maximum atomic E-state index is 11.5. The maximum Gasteiger partial charge on any atom is 0.314 e. The van der Waals surface area contributed by atoms with Gasteiger partial charge in [-0.25, -0.2) is 4.79 Å². The van der Waals surface area contributed by atoms with Crippen molar-refractivity contribution in [1.29, 1.82) is 0 Å². The van der Waals surface area contributed by atoms with Crippen LogP contribution in [0.25, 0.3) is 0 Å². The molecule has 0 aromatic heterocycles. The number of unbranched alkanes of at least 4 members (excludes halogenated alkanes) is 23. The number of carbonyl (C=O) groups is 1. The van der Waals surface area contributed by atoms with Crippen molar-refractivity contribution in [2.24, 2.45) is 0 Å². The molecule has 0 aromatic carbocycles. The zero-order chi connectivity index (χ0) is 26.8. The topological polar surface area (TPSA) is 41.1 Å². The number of amides is 2. The molecule has 2 N–H and O–H groups in total. The first-order valence-corrected chi connectivity index (χ1v) is 16.7. The van der Waals surface area contributed by atoms with Crippen molar-refractivity contribution >= 4 is 6.03 Å². The van der Waals surface area contributed by atoms with Gasteiger partial charge in [-0.05, 0) is 12.8 Å². The van der Waals surface area contributed by atoms with Gasteiger partial charge in [0.1, 0.15) is 0 Å². The van der Waals surface area contributed by atoms with E-state index in [1.54, 1.807) is 0 Å². The van der Waals surface area contributed by atoms with Crippen molar-refractivity contribution in [3.8, 4) is 0 Å². The molecule has 0 radical (unpaired) electrons. The average molecular weight is 511 g/mol. The maximum absolute atomic E-state index is 11.5. The fourth-order valence-electron chi connectivity index (χ4n) is 4.54. The van der Waals surface area contributed by atoms with Gasteiger partial charge < -0.3 is 10.6 Å². The number of urea groups is 1. The van der Waals surface area contributed by atoms with Crippen LogP contribution in [0.3, 0.4) is 0 Å². The van der Waals surface area contributed by atoms with Crippen LogP contribution < -0.4 is 10.6 Å². The van der Waals surface area contributed by atoms with Gasteiger partial charge in [0, 0.05) is 13.1 Å². The second-order valence-corrected chi connectivity index (χ2v) is 11.0. The van der Waals surface area contributed by atoms with Crippen LogP contribution >= 0.6 is 0 Å². The van der Waals surface area contributed by atoms with Gasteiger partial charge in [-0.1, -0.05) is 182 Å². The van der Waals surface area contributed by atoms with Crippen molar-refractivity contribution in [2.75, 3.05) is 13.1 Å². The molecule has 0 heterocycles. The number of hydrogen-bond acceptors (Lipinski definition) is 1. The molecule has 3 nitrogen and oxygen atoms in total. The first-order chi connectivity index (χ1) is 17.7. The predicted molar refractivity (Wildman–Crippen MR) is 164 cm³/mol. The lowest BCUT2D eigenvalue weighted by Gasteiger charge is -2.07. The van der Waals surface area contributed by atoms with Crippen LogP contribution in [0.15, 0.2) is 0 Å². The Bertz CT molecular complexity index is 352. The van der Waals surface area contributed by atoms with E-state index in [-0.39, 0.29) is 6.03 Å². The Morgan fingerprint density at radius 3 is 0.750 bits per heavy atom. The van der Waals surface area contributed by atoms with E-state index < -0.39 is 0 Å². The third kappa shape index (κ3) is 37.8. The van der Waals surface area contributed by atoms with Gasteiger partial charge in [0.2, 0.25) is 0 Å². The van der Waals surface area contributed by atoms with Crippen LogP contribution in [-0.2, 0) is 0 Å². The Morgan fingerprint density at radius 2 is 0.528 bits per heavy atom. The van der Waals surface area contributed by atoms with E-state index in [1.807, 2.05) is 0 Å². The van der Waals surface area contributed by atoms with E-state index in [0.717, 1.165) is 25.9 Å². The monoisotopic (exact) mass is 511 g/mol. The highest BCUT2D eigenvalue weighted by atomic mass is 16.2. The summed E-state index contributed by atoms with van der Waals surface area (Å²) in [5.41, 5.74) is 0. The first-order valence-electron chi connectivity index (χ1n) is 16.7. The highest BCUT2D eigenvalue weighted by molar-refractivity contribution is 5.73. The predicted octanol–water partition coefficient (Wildman–Crippen LogP) is 11.5. The molecule has 0 saturated heterocycles. The standard InChI is InChI=1S/C17H36N2O.C16H34/c1-3-5-7-9-11-13-15-18-17(20)19-16-14-12-10-8-6-4-2;1-3-5-7-9-11-13-15-16-14-12-10-8-6-4-2/h3-16H2,1-2H3,(H2,18,19,20);3-16H2,1-2H3. The molecule has 2 amide bonds. The minimum Gasteiger partial charge on any atom is -0.338 e. The van der Waals surface area contributed by atoms with Crippen molar-refractivity contribution < 1.29 is 4.79 Å². The molecule has 0 spiro atoms. The van der Waals surface area contributed by atoms with Crippen LogP contribution in [0.4, 0.5) is 4.79 Å². The third-order valence-corrected chi connectivity index (χ3v) is 7.09. The molecule has 0 aliphatic carbocycles. The minimum absolute atomic E-state index is 0.00659. The molecule has 0 atom stereocenters. The highest BCUT2D eigenvalue weighted by Gasteiger charge is 1.98. The van der Waals surface area contributed by atoms with Crippen LogP contribution in [0.1, 0.15) is 195 Å². The number of nitrogens with one attached hydrogen (secondary N) is 2. The lowest BCUT2D eigenvalue weighted by molar-refractivity contribution is 0.240. The zero-order valence-corrected chi connectivity index (χ0v) is 25.7. The lowest BCUT2D eigenvalue weighted by Crippen LogP contribution is -2.36. The molecule has 0 aliphatic rings. The molecule has 3 heteroatoms. The summed E-state index contributed by atoms with van der Waals surface area (Å²) < 4.78 is 0. The Kier molecular flexibility index (Phi) is 37.9. The summed E-state index contributed by atoms with van der Waals surface area (Å²) in [5.74, 6) is 0. The average Bonchev–Trinajstić information content (AvgIpc) is 2.88. The van der Waals surface area contributed by atoms with E-state index in [4.69, 9.17) is 0 Å². The quantitative estimate of drug-likeness (QED) is 0.106. The molecule has 0 unspecified atom stereocenters. The van der Waals surface area contributed by atoms with Gasteiger partial charge in [-0.2, -0.15) is 0 Å². The fourth-order valence-corrected chi connectivity index (χ4v) is 4.54. The number of hydrogen-bond donors (Lipinski definition) is 2. The molecular formula is C33H70N2O. The molecule has 0 saturated carbocycles. The Labute approximate surface area is 229 Å². The largest absolute Gasteiger partial charge is 0.338 e. The molecule has 218 valence electrons. The normalized spacial score (nSPS) is 10.7. The van der Waals surface area contributed by atoms with Gasteiger partial charge >= 0.3 is 6.03 Å². The zero-order valence-electron chi connectivity index (χ0n) is 25.7. The van der Waals surface area contributed by atoms with Gasteiger partial charge in [-0.3, -0.25) is 0 Å². The second-order valence-electron chi connectivity index (χ2n) is 11.0. The summed E-state index contributed by atoms with van der Waals surface area (Å²) in [4.78, 5) is 11.5. The Morgan fingerprint density at radius 1 is 0.333 bits per heavy atom. The SMILES string of the molecule is CCCCCCCCCCCCCCCC.CCCCCCCCNC(=O)NCCCCCCCC. The summed E-state index contributed by atoms with van der Waals surface area (Å²) in [6, 6.07) is 0.00659. The van der Waals surface area contributed by atoms with E-state index in [9.17, 15) is 4.79 Å². The van der Waals surface area contributed by atoms with Gasteiger partial charge in [0.15, 0.2) is 0 Å². The summed E-state index contributed by atoms with van der Waals surface area (Å²) in [6.45, 7) is 10.7. The summed E-state index contributed by atoms with van der Waals surface area (Å²) in [5, 5.41) is 5.87. The van der Waals surface area contributed by atoms with Gasteiger partial charge in [0.25, 0.3) is 0 Å². The van der Waals surface area contributed by atoms with Gasteiger partial charge in [0.05, 0.1) is 0 Å². The summed E-state index contributed by atoms with van der Waals surface area (Å²) >= 11 is 0. The molecule has 0 fully saturated rings. The van der Waals surface area contributed by atoms with Crippen LogP contribution in [0.2, 0.25) is 0 Å². The fraction of sp³-hybridized carbons (Fsp3) is 0.970. The number of rotatable bonds is 27. The molecule has 0 rings (SSSR count). The first kappa shape index (κ1) is 37.4. The van der Waals surface area contributed by atoms with Crippen molar-refractivity contribution in [2.45, 2.75) is 195 Å². The molecule has 0 bridgehead atoms. The summed E-state index contributed by atoms with van der Waals surface area (Å²) in [6.07, 6.45) is 35.6. The smallest absolute Gasteiger partial charge is 0.314 e. The molecule has 0 aromatic rings. The van der Waals surface area contributed by atoms with Crippen molar-refractivity contribution in [3.63, 3.8) is 0 Å². The van der Waals surface area contributed by atoms with E-state index in [1.165, 1.54) is 154 Å². The highest BCUT2D eigenvalue weighted by Crippen LogP contribution is 2.12. The lowest BCUT2D eigenvalue weighted by atomic mass is 10.0. The second kappa shape index (κ2) is 36.4. The molecular weight excluding hydrogens is 440 g/mol. The van der Waals surface area contributed by atoms with E-state index in [2.05, 4.69) is 38.3 Å². The number of carbonyl (C=O) groups excluding carboxylic acids is 1. The van der Waals surface area contributed by atoms with E-state index >= 15 is 0 Å². The Hall–Kier alpha value is -0.730. The van der Waals surface area contributed by atoms with Crippen LogP contribution in [0, 0.1) is 0 Å². The minimum atomic E-state index is 0.00659. The Balaban J connectivity index is 0. The summed E-state index contributed by atoms with van der Waals surface area (Å²) in [7, 11) is 0. The van der Waals surface area contributed by atoms with E-state index in [0.29, 0.717) is 0 Å².